The molecule has 0 aromatic heterocycles. The molecule has 1 saturated carbocycles. The fraction of sp³-hybridized carbons (Fsp3) is 0.571. The summed E-state index contributed by atoms with van der Waals surface area (Å²) in [7, 11) is -0.253. The third-order valence-corrected chi connectivity index (χ3v) is 5.49. The topological polar surface area (TPSA) is 49.4 Å². The van der Waals surface area contributed by atoms with Gasteiger partial charge in [0.25, 0.3) is 10.2 Å². The van der Waals surface area contributed by atoms with Gasteiger partial charge in [0.15, 0.2) is 0 Å². The molecule has 0 amide bonds. The van der Waals surface area contributed by atoms with E-state index in [-0.39, 0.29) is 5.41 Å². The van der Waals surface area contributed by atoms with Crippen LogP contribution in [0.1, 0.15) is 31.2 Å². The van der Waals surface area contributed by atoms with Crippen LogP contribution in [0.4, 0.5) is 0 Å². The lowest BCUT2D eigenvalue weighted by atomic mass is 9.79. The first-order chi connectivity index (χ1) is 8.96. The van der Waals surface area contributed by atoms with Crippen LogP contribution in [0, 0.1) is 0 Å². The van der Waals surface area contributed by atoms with Crippen LogP contribution >= 0.6 is 0 Å². The van der Waals surface area contributed by atoms with Crippen molar-refractivity contribution in [1.29, 1.82) is 0 Å². The first-order valence-corrected chi connectivity index (χ1v) is 8.13. The predicted molar refractivity (Wildman–Crippen MR) is 77.2 cm³/mol. The maximum absolute atomic E-state index is 11.9. The molecule has 1 fully saturated rings. The number of hydrogen-bond acceptors (Lipinski definition) is 2. The molecule has 0 radical (unpaired) electrons. The second kappa shape index (κ2) is 5.61. The third kappa shape index (κ3) is 3.16. The fourth-order valence-corrected chi connectivity index (χ4v) is 3.49. The molecule has 19 heavy (non-hydrogen) atoms. The van der Waals surface area contributed by atoms with E-state index >= 15 is 0 Å². The van der Waals surface area contributed by atoms with E-state index in [2.05, 4.69) is 16.9 Å². The van der Waals surface area contributed by atoms with Crippen LogP contribution in [0.15, 0.2) is 30.3 Å². The number of benzene rings is 1. The fourth-order valence-electron chi connectivity index (χ4n) is 2.77. The van der Waals surface area contributed by atoms with Crippen molar-refractivity contribution in [3.8, 4) is 0 Å². The van der Waals surface area contributed by atoms with E-state index in [0.717, 1.165) is 12.8 Å². The van der Waals surface area contributed by atoms with Crippen molar-refractivity contribution in [1.82, 2.24) is 9.03 Å². The third-order valence-electron chi connectivity index (χ3n) is 4.02. The molecule has 0 aliphatic heterocycles. The van der Waals surface area contributed by atoms with Crippen molar-refractivity contribution in [2.24, 2.45) is 0 Å². The van der Waals surface area contributed by atoms with Gasteiger partial charge in [0.05, 0.1) is 0 Å². The van der Waals surface area contributed by atoms with Crippen LogP contribution in [0.2, 0.25) is 0 Å². The van der Waals surface area contributed by atoms with Crippen molar-refractivity contribution in [3.63, 3.8) is 0 Å². The molecule has 4 nitrogen and oxygen atoms in total. The van der Waals surface area contributed by atoms with Crippen LogP contribution in [-0.4, -0.2) is 33.4 Å². The Morgan fingerprint density at radius 2 is 1.74 bits per heavy atom. The molecule has 0 spiro atoms. The van der Waals surface area contributed by atoms with Gasteiger partial charge in [-0.1, -0.05) is 43.2 Å². The number of hydrogen-bond donors (Lipinski definition) is 1. The smallest absolute Gasteiger partial charge is 0.201 e. The molecule has 1 aromatic rings. The Morgan fingerprint density at radius 3 is 2.26 bits per heavy atom. The molecule has 5 heteroatoms. The highest BCUT2D eigenvalue weighted by atomic mass is 32.2. The highest BCUT2D eigenvalue weighted by Gasteiger charge is 2.36. The van der Waals surface area contributed by atoms with E-state index in [4.69, 9.17) is 0 Å². The Labute approximate surface area is 116 Å². The summed E-state index contributed by atoms with van der Waals surface area (Å²) in [5.74, 6) is 0. The number of rotatable bonds is 5. The Hall–Kier alpha value is -0.910. The minimum atomic E-state index is -3.35. The Balaban J connectivity index is 2.18. The van der Waals surface area contributed by atoms with Gasteiger partial charge < -0.3 is 0 Å². The average molecular weight is 282 g/mol. The van der Waals surface area contributed by atoms with E-state index < -0.39 is 10.2 Å². The van der Waals surface area contributed by atoms with E-state index in [1.54, 1.807) is 14.1 Å². The molecule has 0 heterocycles. The Morgan fingerprint density at radius 1 is 1.16 bits per heavy atom. The Bertz CT molecular complexity index is 506. The van der Waals surface area contributed by atoms with E-state index in [1.807, 2.05) is 18.2 Å². The van der Waals surface area contributed by atoms with Crippen LogP contribution in [-0.2, 0) is 15.6 Å². The molecule has 0 bridgehead atoms. The average Bonchev–Trinajstić information content (AvgIpc) is 2.87. The summed E-state index contributed by atoms with van der Waals surface area (Å²) in [6, 6.07) is 10.3. The highest BCUT2D eigenvalue weighted by molar-refractivity contribution is 7.87. The van der Waals surface area contributed by atoms with Crippen LogP contribution in [0.25, 0.3) is 0 Å². The highest BCUT2D eigenvalue weighted by Crippen LogP contribution is 2.40. The van der Waals surface area contributed by atoms with Gasteiger partial charge in [-0.2, -0.15) is 12.7 Å². The zero-order valence-electron chi connectivity index (χ0n) is 11.6. The molecule has 1 aromatic carbocycles. The first-order valence-electron chi connectivity index (χ1n) is 6.69. The molecule has 2 rings (SSSR count). The largest absolute Gasteiger partial charge is 0.278 e. The predicted octanol–water partition coefficient (Wildman–Crippen LogP) is 1.89. The zero-order valence-corrected chi connectivity index (χ0v) is 12.4. The van der Waals surface area contributed by atoms with Crippen molar-refractivity contribution >= 4 is 10.2 Å². The van der Waals surface area contributed by atoms with Crippen molar-refractivity contribution in [2.75, 3.05) is 20.6 Å². The first kappa shape index (κ1) is 14.5. The molecule has 1 aliphatic rings. The standard InChI is InChI=1S/C14H22N2O2S/c1-16(2)19(17,18)15-12-14(10-6-7-11-14)13-8-4-3-5-9-13/h3-5,8-9,15H,6-7,10-12H2,1-2H3. The molecule has 1 N–H and O–H groups in total. The van der Waals surface area contributed by atoms with Crippen LogP contribution in [0.5, 0.6) is 0 Å². The summed E-state index contributed by atoms with van der Waals surface area (Å²) in [6.07, 6.45) is 4.43. The summed E-state index contributed by atoms with van der Waals surface area (Å²) in [5, 5.41) is 0. The summed E-state index contributed by atoms with van der Waals surface area (Å²) in [4.78, 5) is 0. The van der Waals surface area contributed by atoms with Crippen molar-refractivity contribution < 1.29 is 8.42 Å². The normalized spacial score (nSPS) is 18.9. The molecule has 1 aliphatic carbocycles. The van der Waals surface area contributed by atoms with Gasteiger partial charge in [-0.25, -0.2) is 4.72 Å². The lowest BCUT2D eigenvalue weighted by Gasteiger charge is -2.30. The zero-order chi connectivity index (χ0) is 13.9. The molecule has 0 unspecified atom stereocenters. The molecular weight excluding hydrogens is 260 g/mol. The lowest BCUT2D eigenvalue weighted by Crippen LogP contribution is -2.43. The van der Waals surface area contributed by atoms with Gasteiger partial charge in [-0.05, 0) is 18.4 Å². The summed E-state index contributed by atoms with van der Waals surface area (Å²) >= 11 is 0. The van der Waals surface area contributed by atoms with E-state index in [9.17, 15) is 8.42 Å². The van der Waals surface area contributed by atoms with Gasteiger partial charge in [-0.15, -0.1) is 0 Å². The molecule has 0 atom stereocenters. The molecule has 0 saturated heterocycles. The molecular formula is C14H22N2O2S. The van der Waals surface area contributed by atoms with E-state index in [1.165, 1.54) is 22.7 Å². The lowest BCUT2D eigenvalue weighted by molar-refractivity contribution is 0.421. The maximum Gasteiger partial charge on any atom is 0.278 e. The Kier molecular flexibility index (Phi) is 4.28. The van der Waals surface area contributed by atoms with Gasteiger partial charge >= 0.3 is 0 Å². The van der Waals surface area contributed by atoms with Gasteiger partial charge in [0.2, 0.25) is 0 Å². The number of nitrogens with zero attached hydrogens (tertiary/aromatic N) is 1. The summed E-state index contributed by atoms with van der Waals surface area (Å²) in [5.41, 5.74) is 1.21. The van der Waals surface area contributed by atoms with E-state index in [0.29, 0.717) is 6.54 Å². The number of nitrogens with one attached hydrogen (secondary N) is 1. The van der Waals surface area contributed by atoms with Crippen molar-refractivity contribution in [2.45, 2.75) is 31.1 Å². The maximum atomic E-state index is 11.9. The van der Waals surface area contributed by atoms with Gasteiger partial charge in [0, 0.05) is 26.1 Å². The summed E-state index contributed by atoms with van der Waals surface area (Å²) < 4.78 is 27.7. The molecule has 106 valence electrons. The summed E-state index contributed by atoms with van der Waals surface area (Å²) in [6.45, 7) is 0.484. The second-order valence-electron chi connectivity index (χ2n) is 5.46. The monoisotopic (exact) mass is 282 g/mol. The van der Waals surface area contributed by atoms with Gasteiger partial charge in [0.1, 0.15) is 0 Å². The van der Waals surface area contributed by atoms with Crippen LogP contribution < -0.4 is 4.72 Å². The van der Waals surface area contributed by atoms with Gasteiger partial charge in [-0.3, -0.25) is 0 Å². The minimum Gasteiger partial charge on any atom is -0.201 e. The quantitative estimate of drug-likeness (QED) is 0.896. The van der Waals surface area contributed by atoms with Crippen molar-refractivity contribution in [3.05, 3.63) is 35.9 Å². The second-order valence-corrected chi connectivity index (χ2v) is 7.43. The van der Waals surface area contributed by atoms with Crippen LogP contribution in [0.3, 0.4) is 0 Å². The SMILES string of the molecule is CN(C)S(=O)(=O)NCC1(c2ccccc2)CCCC1. The minimum absolute atomic E-state index is 0.0374.